The molecule has 9 heteroatoms. The number of halogens is 3. The normalized spacial score (nSPS) is 19.1. The van der Waals surface area contributed by atoms with Crippen LogP contribution in [0.3, 0.4) is 0 Å². The van der Waals surface area contributed by atoms with Crippen molar-refractivity contribution in [3.63, 3.8) is 0 Å². The van der Waals surface area contributed by atoms with E-state index in [2.05, 4.69) is 9.88 Å². The van der Waals surface area contributed by atoms with Crippen LogP contribution in [0.25, 0.3) is 10.9 Å². The first-order valence-corrected chi connectivity index (χ1v) is 13.4. The average molecular weight is 533 g/mol. The van der Waals surface area contributed by atoms with Gasteiger partial charge in [-0.15, -0.1) is 11.8 Å². The van der Waals surface area contributed by atoms with Gasteiger partial charge >= 0.3 is 5.97 Å². The standard InChI is InChI=1S/C28H31F3N2O3S/c1-36-20-6-8-25-22(16-20)21(9-11-32-25)23(29)7-5-18-10-12-33(17-19(18)15-27(34)35)13-14-37-26-4-2-3-24(30)28(26)31/h2-4,6,8-9,11,16,18-19,23H,5,7,10,12-15,17H2,1H3,(H,34,35)/t18-,19+,23-/m1/s1. The molecule has 0 amide bonds. The van der Waals surface area contributed by atoms with E-state index >= 15 is 4.39 Å². The van der Waals surface area contributed by atoms with Gasteiger partial charge in [-0.2, -0.15) is 0 Å². The number of alkyl halides is 1. The number of carboxylic acids is 1. The summed E-state index contributed by atoms with van der Waals surface area (Å²) >= 11 is 1.25. The predicted octanol–water partition coefficient (Wildman–Crippen LogP) is 6.52. The number of thioether (sulfide) groups is 1. The van der Waals surface area contributed by atoms with Crippen molar-refractivity contribution in [3.05, 3.63) is 65.9 Å². The molecule has 1 aliphatic rings. The lowest BCUT2D eigenvalue weighted by Crippen LogP contribution is -2.42. The Kier molecular flexibility index (Phi) is 9.32. The van der Waals surface area contributed by atoms with Crippen molar-refractivity contribution < 1.29 is 27.8 Å². The number of carboxylic acid groups (broad SMARTS) is 1. The highest BCUT2D eigenvalue weighted by Crippen LogP contribution is 2.36. The van der Waals surface area contributed by atoms with Crippen molar-refractivity contribution in [2.75, 3.05) is 32.5 Å². The van der Waals surface area contributed by atoms with Crippen LogP contribution in [-0.4, -0.2) is 53.5 Å². The van der Waals surface area contributed by atoms with Gasteiger partial charge in [-0.1, -0.05) is 6.07 Å². The lowest BCUT2D eigenvalue weighted by Gasteiger charge is -2.38. The van der Waals surface area contributed by atoms with Gasteiger partial charge in [0, 0.05) is 41.7 Å². The van der Waals surface area contributed by atoms with Crippen LogP contribution >= 0.6 is 11.8 Å². The number of aromatic nitrogens is 1. The second-order valence-electron chi connectivity index (χ2n) is 9.44. The number of benzene rings is 2. The maximum Gasteiger partial charge on any atom is 0.303 e. The molecule has 4 rings (SSSR count). The summed E-state index contributed by atoms with van der Waals surface area (Å²) in [5.74, 6) is -1.35. The Bertz CT molecular complexity index is 1230. The van der Waals surface area contributed by atoms with Crippen LogP contribution in [-0.2, 0) is 4.79 Å². The molecule has 1 fully saturated rings. The third-order valence-electron chi connectivity index (χ3n) is 7.10. The first-order chi connectivity index (χ1) is 17.9. The van der Waals surface area contributed by atoms with Crippen LogP contribution in [0, 0.1) is 23.5 Å². The number of methoxy groups -OCH3 is 1. The molecule has 2 heterocycles. The monoisotopic (exact) mass is 532 g/mol. The summed E-state index contributed by atoms with van der Waals surface area (Å²) in [5, 5.41) is 10.2. The van der Waals surface area contributed by atoms with Gasteiger partial charge in [-0.3, -0.25) is 9.78 Å². The molecule has 3 atom stereocenters. The molecule has 2 aromatic carbocycles. The number of likely N-dealkylation sites (tertiary alicyclic amines) is 1. The molecule has 1 N–H and O–H groups in total. The number of rotatable bonds is 11. The number of ether oxygens (including phenoxy) is 1. The van der Waals surface area contributed by atoms with Crippen LogP contribution in [0.4, 0.5) is 13.2 Å². The minimum atomic E-state index is -1.20. The average Bonchev–Trinajstić information content (AvgIpc) is 2.89. The third-order valence-corrected chi connectivity index (χ3v) is 8.12. The summed E-state index contributed by atoms with van der Waals surface area (Å²) in [4.78, 5) is 18.3. The van der Waals surface area contributed by atoms with Gasteiger partial charge in [0.15, 0.2) is 11.6 Å². The molecule has 0 unspecified atom stereocenters. The van der Waals surface area contributed by atoms with Crippen LogP contribution in [0.1, 0.15) is 37.4 Å². The van der Waals surface area contributed by atoms with E-state index in [1.165, 1.54) is 17.8 Å². The summed E-state index contributed by atoms with van der Waals surface area (Å²) in [7, 11) is 1.57. The fourth-order valence-electron chi connectivity index (χ4n) is 5.14. The molecule has 198 valence electrons. The van der Waals surface area contributed by atoms with Crippen molar-refractivity contribution in [3.8, 4) is 5.75 Å². The van der Waals surface area contributed by atoms with Crippen LogP contribution in [0.5, 0.6) is 5.75 Å². The predicted molar refractivity (Wildman–Crippen MR) is 139 cm³/mol. The number of nitrogens with zero attached hydrogens (tertiary/aromatic N) is 2. The Morgan fingerprint density at radius 3 is 2.86 bits per heavy atom. The van der Waals surface area contributed by atoms with Gasteiger partial charge in [0.2, 0.25) is 0 Å². The van der Waals surface area contributed by atoms with Crippen LogP contribution < -0.4 is 4.74 Å². The minimum absolute atomic E-state index is 0.0270. The van der Waals surface area contributed by atoms with Gasteiger partial charge < -0.3 is 14.7 Å². The summed E-state index contributed by atoms with van der Waals surface area (Å²) in [6, 6.07) is 11.2. The molecule has 1 saturated heterocycles. The Balaban J connectivity index is 1.35. The Labute approximate surface area is 219 Å². The molecule has 0 bridgehead atoms. The van der Waals surface area contributed by atoms with E-state index < -0.39 is 23.8 Å². The highest BCUT2D eigenvalue weighted by atomic mass is 32.2. The number of pyridine rings is 1. The second kappa shape index (κ2) is 12.6. The fraction of sp³-hybridized carbons (Fsp3) is 0.429. The Morgan fingerprint density at radius 2 is 2.08 bits per heavy atom. The van der Waals surface area contributed by atoms with Crippen LogP contribution in [0.15, 0.2) is 53.6 Å². The number of hydrogen-bond acceptors (Lipinski definition) is 5. The quantitative estimate of drug-likeness (QED) is 0.284. The molecule has 0 saturated carbocycles. The SMILES string of the molecule is COc1ccc2nccc([C@H](F)CC[C@@H]3CCN(CCSc4cccc(F)c4F)C[C@@H]3CC(=O)O)c2c1. The third kappa shape index (κ3) is 6.96. The summed E-state index contributed by atoms with van der Waals surface area (Å²) in [6.07, 6.45) is 2.10. The van der Waals surface area contributed by atoms with E-state index in [1.807, 2.05) is 6.07 Å². The minimum Gasteiger partial charge on any atom is -0.497 e. The molecule has 37 heavy (non-hydrogen) atoms. The summed E-state index contributed by atoms with van der Waals surface area (Å²) in [6.45, 7) is 1.99. The van der Waals surface area contributed by atoms with E-state index in [9.17, 15) is 18.7 Å². The number of fused-ring (bicyclic) bond motifs is 1. The maximum atomic E-state index is 15.5. The summed E-state index contributed by atoms with van der Waals surface area (Å²) in [5.41, 5.74) is 1.27. The first-order valence-electron chi connectivity index (χ1n) is 12.4. The second-order valence-corrected chi connectivity index (χ2v) is 10.6. The topological polar surface area (TPSA) is 62.7 Å². The molecule has 5 nitrogen and oxygen atoms in total. The van der Waals surface area contributed by atoms with E-state index in [1.54, 1.807) is 37.6 Å². The van der Waals surface area contributed by atoms with Crippen LogP contribution in [0.2, 0.25) is 0 Å². The molecule has 1 aliphatic heterocycles. The lowest BCUT2D eigenvalue weighted by atomic mass is 9.79. The van der Waals surface area contributed by atoms with Gasteiger partial charge in [0.25, 0.3) is 0 Å². The van der Waals surface area contributed by atoms with Crippen molar-refractivity contribution in [1.82, 2.24) is 9.88 Å². The van der Waals surface area contributed by atoms with E-state index in [0.29, 0.717) is 48.5 Å². The van der Waals surface area contributed by atoms with E-state index in [0.717, 1.165) is 24.4 Å². The van der Waals surface area contributed by atoms with E-state index in [4.69, 9.17) is 4.74 Å². The highest BCUT2D eigenvalue weighted by Gasteiger charge is 2.31. The summed E-state index contributed by atoms with van der Waals surface area (Å²) < 4.78 is 48.1. The van der Waals surface area contributed by atoms with Gasteiger partial charge in [-0.05, 0) is 79.6 Å². The number of piperidine rings is 1. The zero-order valence-corrected chi connectivity index (χ0v) is 21.5. The van der Waals surface area contributed by atoms with E-state index in [-0.39, 0.29) is 23.2 Å². The van der Waals surface area contributed by atoms with Gasteiger partial charge in [0.1, 0.15) is 11.9 Å². The zero-order valence-electron chi connectivity index (χ0n) is 20.7. The van der Waals surface area contributed by atoms with Gasteiger partial charge in [-0.25, -0.2) is 13.2 Å². The smallest absolute Gasteiger partial charge is 0.303 e. The van der Waals surface area contributed by atoms with Gasteiger partial charge in [0.05, 0.1) is 12.6 Å². The lowest BCUT2D eigenvalue weighted by molar-refractivity contribution is -0.139. The van der Waals surface area contributed by atoms with Crippen molar-refractivity contribution in [2.24, 2.45) is 11.8 Å². The zero-order chi connectivity index (χ0) is 26.4. The molecular weight excluding hydrogens is 501 g/mol. The molecule has 0 radical (unpaired) electrons. The number of hydrogen-bond donors (Lipinski definition) is 1. The number of carbonyl (C=O) groups is 1. The molecule has 0 aliphatic carbocycles. The highest BCUT2D eigenvalue weighted by molar-refractivity contribution is 7.99. The molecule has 0 spiro atoms. The number of aliphatic carboxylic acids is 1. The largest absolute Gasteiger partial charge is 0.497 e. The molecular formula is C28H31F3N2O3S. The van der Waals surface area contributed by atoms with Crippen molar-refractivity contribution >= 4 is 28.6 Å². The fourth-order valence-corrected chi connectivity index (χ4v) is 6.11. The Hall–Kier alpha value is -2.78. The maximum absolute atomic E-state index is 15.5. The molecule has 1 aromatic heterocycles. The molecule has 3 aromatic rings. The Morgan fingerprint density at radius 1 is 1.24 bits per heavy atom. The van der Waals surface area contributed by atoms with Crippen molar-refractivity contribution in [2.45, 2.75) is 36.8 Å². The first kappa shape index (κ1) is 27.3. The van der Waals surface area contributed by atoms with Crippen molar-refractivity contribution in [1.29, 1.82) is 0 Å².